The first-order valence-electron chi connectivity index (χ1n) is 9.48. The summed E-state index contributed by atoms with van der Waals surface area (Å²) in [7, 11) is 0. The van der Waals surface area contributed by atoms with Crippen molar-refractivity contribution in [2.45, 2.75) is 40.2 Å². The molecule has 0 spiro atoms. The Morgan fingerprint density at radius 2 is 1.89 bits per heavy atom. The lowest BCUT2D eigenvalue weighted by molar-refractivity contribution is 0.372. The first-order valence-corrected chi connectivity index (χ1v) is 9.48. The fourth-order valence-corrected chi connectivity index (χ4v) is 3.44. The lowest BCUT2D eigenvalue weighted by Gasteiger charge is -2.32. The summed E-state index contributed by atoms with van der Waals surface area (Å²) in [6.07, 6.45) is 1.86. The molecule has 0 saturated heterocycles. The van der Waals surface area contributed by atoms with Crippen molar-refractivity contribution in [1.82, 2.24) is 4.90 Å². The standard InChI is InChI=1S/C25H26FN/c1-5-21(18(2)3)12-10-20-11-13-25(26)24(16-20)19(4)27-15-14-22-8-6-7-9-23(22)17-27/h6-9,11,13,16H,4-5,14-15,17H2,1-3H3. The number of rotatable bonds is 3. The topological polar surface area (TPSA) is 3.24 Å². The third kappa shape index (κ3) is 4.31. The number of fused-ring (bicyclic) bond motifs is 1. The molecule has 0 fully saturated rings. The Morgan fingerprint density at radius 3 is 2.59 bits per heavy atom. The zero-order valence-electron chi connectivity index (χ0n) is 16.4. The van der Waals surface area contributed by atoms with E-state index in [1.807, 2.05) is 6.07 Å². The Morgan fingerprint density at radius 1 is 1.15 bits per heavy atom. The number of hydrogen-bond donors (Lipinski definition) is 0. The van der Waals surface area contributed by atoms with Gasteiger partial charge in [0.25, 0.3) is 0 Å². The second kappa shape index (κ2) is 8.27. The van der Waals surface area contributed by atoms with Crippen molar-refractivity contribution in [2.24, 2.45) is 0 Å². The van der Waals surface area contributed by atoms with Gasteiger partial charge in [-0.15, -0.1) is 0 Å². The van der Waals surface area contributed by atoms with Crippen LogP contribution in [0.5, 0.6) is 0 Å². The molecule has 1 nitrogen and oxygen atoms in total. The molecule has 0 bridgehead atoms. The minimum atomic E-state index is -0.248. The van der Waals surface area contributed by atoms with Crippen LogP contribution in [0.3, 0.4) is 0 Å². The van der Waals surface area contributed by atoms with Crippen LogP contribution >= 0.6 is 0 Å². The largest absolute Gasteiger partial charge is 0.367 e. The SMILES string of the molecule is C=C(c1cc(C#CC(CC)=C(C)C)ccc1F)N1CCc2ccccc2C1. The van der Waals surface area contributed by atoms with Crippen LogP contribution in [0.1, 0.15) is 49.4 Å². The van der Waals surface area contributed by atoms with E-state index in [1.54, 1.807) is 6.07 Å². The van der Waals surface area contributed by atoms with E-state index in [0.717, 1.165) is 42.8 Å². The Hall–Kier alpha value is -2.79. The lowest BCUT2D eigenvalue weighted by Crippen LogP contribution is -2.29. The quantitative estimate of drug-likeness (QED) is 0.612. The fourth-order valence-electron chi connectivity index (χ4n) is 3.44. The molecule has 0 unspecified atom stereocenters. The zero-order valence-corrected chi connectivity index (χ0v) is 16.4. The van der Waals surface area contributed by atoms with Crippen molar-refractivity contribution in [1.29, 1.82) is 0 Å². The van der Waals surface area contributed by atoms with Crippen molar-refractivity contribution in [2.75, 3.05) is 6.54 Å². The van der Waals surface area contributed by atoms with Crippen molar-refractivity contribution in [3.63, 3.8) is 0 Å². The van der Waals surface area contributed by atoms with Gasteiger partial charge >= 0.3 is 0 Å². The molecule has 0 N–H and O–H groups in total. The molecule has 0 aromatic heterocycles. The van der Waals surface area contributed by atoms with E-state index >= 15 is 0 Å². The Kier molecular flexibility index (Phi) is 5.81. The second-order valence-electron chi connectivity index (χ2n) is 7.16. The average Bonchev–Trinajstić information content (AvgIpc) is 2.68. The number of allylic oxidation sites excluding steroid dienone is 2. The van der Waals surface area contributed by atoms with Gasteiger partial charge in [0.1, 0.15) is 5.82 Å². The molecule has 2 aromatic carbocycles. The van der Waals surface area contributed by atoms with E-state index in [4.69, 9.17) is 0 Å². The predicted octanol–water partition coefficient (Wildman–Crippen LogP) is 5.95. The lowest BCUT2D eigenvalue weighted by atomic mass is 9.98. The molecule has 27 heavy (non-hydrogen) atoms. The molecule has 2 heteroatoms. The maximum atomic E-state index is 14.5. The first-order chi connectivity index (χ1) is 13.0. The monoisotopic (exact) mass is 359 g/mol. The van der Waals surface area contributed by atoms with Gasteiger partial charge in [0.15, 0.2) is 0 Å². The summed E-state index contributed by atoms with van der Waals surface area (Å²) < 4.78 is 14.5. The third-order valence-electron chi connectivity index (χ3n) is 5.10. The Labute approximate surface area is 162 Å². The van der Waals surface area contributed by atoms with E-state index in [-0.39, 0.29) is 5.82 Å². The summed E-state index contributed by atoms with van der Waals surface area (Å²) in [4.78, 5) is 2.16. The maximum Gasteiger partial charge on any atom is 0.132 e. The van der Waals surface area contributed by atoms with Gasteiger partial charge in [0.05, 0.1) is 0 Å². The molecule has 138 valence electrons. The molecular weight excluding hydrogens is 333 g/mol. The molecule has 1 aliphatic heterocycles. The zero-order chi connectivity index (χ0) is 19.4. The summed E-state index contributed by atoms with van der Waals surface area (Å²) in [5, 5.41) is 0. The van der Waals surface area contributed by atoms with Crippen LogP contribution in [0.2, 0.25) is 0 Å². The average molecular weight is 359 g/mol. The molecule has 0 atom stereocenters. The highest BCUT2D eigenvalue weighted by molar-refractivity contribution is 5.65. The van der Waals surface area contributed by atoms with Crippen LogP contribution in [-0.2, 0) is 13.0 Å². The first kappa shape index (κ1) is 19.0. The molecule has 0 aliphatic carbocycles. The molecule has 0 saturated carbocycles. The number of nitrogens with zero attached hydrogens (tertiary/aromatic N) is 1. The van der Waals surface area contributed by atoms with Crippen molar-refractivity contribution in [3.05, 3.63) is 88.3 Å². The summed E-state index contributed by atoms with van der Waals surface area (Å²) in [5.41, 5.74) is 7.10. The van der Waals surface area contributed by atoms with Gasteiger partial charge in [-0.1, -0.05) is 55.2 Å². The van der Waals surface area contributed by atoms with Gasteiger partial charge in [0.2, 0.25) is 0 Å². The van der Waals surface area contributed by atoms with Crippen LogP contribution in [0.15, 0.2) is 60.2 Å². The van der Waals surface area contributed by atoms with Crippen LogP contribution < -0.4 is 0 Å². The summed E-state index contributed by atoms with van der Waals surface area (Å²) >= 11 is 0. The van der Waals surface area contributed by atoms with Gasteiger partial charge in [-0.05, 0) is 56.0 Å². The van der Waals surface area contributed by atoms with E-state index < -0.39 is 0 Å². The number of halogens is 1. The van der Waals surface area contributed by atoms with E-state index in [9.17, 15) is 4.39 Å². The Bertz CT molecular complexity index is 952. The van der Waals surface area contributed by atoms with Crippen molar-refractivity contribution < 1.29 is 4.39 Å². The molecule has 1 aliphatic rings. The number of benzene rings is 2. The molecule has 3 rings (SSSR count). The van der Waals surface area contributed by atoms with Crippen LogP contribution in [0, 0.1) is 17.7 Å². The highest BCUT2D eigenvalue weighted by Gasteiger charge is 2.19. The van der Waals surface area contributed by atoms with Gasteiger partial charge in [-0.3, -0.25) is 0 Å². The highest BCUT2D eigenvalue weighted by Crippen LogP contribution is 2.28. The summed E-state index contributed by atoms with van der Waals surface area (Å²) in [6.45, 7) is 12.0. The van der Waals surface area contributed by atoms with E-state index in [0.29, 0.717) is 5.56 Å². The second-order valence-corrected chi connectivity index (χ2v) is 7.16. The minimum absolute atomic E-state index is 0.248. The molecule has 0 radical (unpaired) electrons. The molecular formula is C25H26FN. The van der Waals surface area contributed by atoms with Crippen molar-refractivity contribution >= 4 is 5.70 Å². The van der Waals surface area contributed by atoms with Crippen molar-refractivity contribution in [3.8, 4) is 11.8 Å². The molecule has 2 aromatic rings. The van der Waals surface area contributed by atoms with Gasteiger partial charge in [-0.25, -0.2) is 4.39 Å². The van der Waals surface area contributed by atoms with Gasteiger partial charge in [-0.2, -0.15) is 0 Å². The summed E-state index contributed by atoms with van der Waals surface area (Å²) in [5.74, 6) is 6.16. The van der Waals surface area contributed by atoms with Crippen LogP contribution in [-0.4, -0.2) is 11.4 Å². The van der Waals surface area contributed by atoms with Gasteiger partial charge < -0.3 is 4.90 Å². The summed E-state index contributed by atoms with van der Waals surface area (Å²) in [6, 6.07) is 13.5. The predicted molar refractivity (Wildman–Crippen MR) is 112 cm³/mol. The molecule has 1 heterocycles. The minimum Gasteiger partial charge on any atom is -0.367 e. The Balaban J connectivity index is 1.86. The van der Waals surface area contributed by atoms with Gasteiger partial charge in [0, 0.05) is 35.5 Å². The third-order valence-corrected chi connectivity index (χ3v) is 5.10. The van der Waals surface area contributed by atoms with E-state index in [2.05, 4.69) is 68.4 Å². The number of hydrogen-bond acceptors (Lipinski definition) is 1. The normalized spacial score (nSPS) is 12.7. The maximum absolute atomic E-state index is 14.5. The smallest absolute Gasteiger partial charge is 0.132 e. The van der Waals surface area contributed by atoms with E-state index in [1.165, 1.54) is 22.8 Å². The van der Waals surface area contributed by atoms with Crippen LogP contribution in [0.4, 0.5) is 4.39 Å². The van der Waals surface area contributed by atoms with Crippen LogP contribution in [0.25, 0.3) is 5.70 Å². The highest BCUT2D eigenvalue weighted by atomic mass is 19.1. The fraction of sp³-hybridized carbons (Fsp3) is 0.280. The molecule has 0 amide bonds.